The van der Waals surface area contributed by atoms with Gasteiger partial charge < -0.3 is 5.32 Å². The van der Waals surface area contributed by atoms with E-state index in [0.29, 0.717) is 11.4 Å². The Balaban J connectivity index is 1.73. The Kier molecular flexibility index (Phi) is 5.79. The number of aryl methyl sites for hydroxylation is 1. The zero-order valence-corrected chi connectivity index (χ0v) is 19.0. The molecule has 1 N–H and O–H groups in total. The molecule has 164 valence electrons. The number of allylic oxidation sites excluding steroid dienone is 1. The summed E-state index contributed by atoms with van der Waals surface area (Å²) in [6, 6.07) is 15.6. The third-order valence-corrected chi connectivity index (χ3v) is 7.42. The summed E-state index contributed by atoms with van der Waals surface area (Å²) in [5, 5.41) is 2.61. The summed E-state index contributed by atoms with van der Waals surface area (Å²) in [4.78, 5) is 12.8. The monoisotopic (exact) mass is 470 g/mol. The van der Waals surface area contributed by atoms with Crippen molar-refractivity contribution in [3.63, 3.8) is 0 Å². The van der Waals surface area contributed by atoms with E-state index in [9.17, 15) is 17.6 Å². The molecule has 1 heterocycles. The number of hydrogen-bond donors (Lipinski definition) is 1. The van der Waals surface area contributed by atoms with Crippen molar-refractivity contribution >= 4 is 44.5 Å². The highest BCUT2D eigenvalue weighted by atomic mass is 35.5. The van der Waals surface area contributed by atoms with Gasteiger partial charge in [-0.05, 0) is 55.8 Å². The van der Waals surface area contributed by atoms with Crippen molar-refractivity contribution in [3.8, 4) is 0 Å². The zero-order chi connectivity index (χ0) is 23.0. The molecule has 0 atom stereocenters. The molecule has 0 unspecified atom stereocenters. The average molecular weight is 471 g/mol. The lowest BCUT2D eigenvalue weighted by molar-refractivity contribution is 0.102. The highest BCUT2D eigenvalue weighted by Crippen LogP contribution is 2.37. The minimum Gasteiger partial charge on any atom is -0.322 e. The summed E-state index contributed by atoms with van der Waals surface area (Å²) >= 11 is 5.99. The second-order valence-corrected chi connectivity index (χ2v) is 9.79. The number of carbonyl (C=O) groups is 1. The Morgan fingerprint density at radius 2 is 1.78 bits per heavy atom. The maximum Gasteiger partial charge on any atom is 0.264 e. The number of amides is 1. The van der Waals surface area contributed by atoms with Gasteiger partial charge in [0.15, 0.2) is 0 Å². The molecule has 32 heavy (non-hydrogen) atoms. The van der Waals surface area contributed by atoms with Crippen LogP contribution < -0.4 is 9.62 Å². The number of sulfonamides is 1. The highest BCUT2D eigenvalue weighted by Gasteiger charge is 2.29. The third-order valence-electron chi connectivity index (χ3n) is 5.31. The van der Waals surface area contributed by atoms with Crippen molar-refractivity contribution < 1.29 is 17.6 Å². The lowest BCUT2D eigenvalue weighted by Gasteiger charge is -2.30. The molecular formula is C24H20ClFN2O3S. The molecule has 0 fully saturated rings. The molecule has 0 spiro atoms. The normalized spacial score (nSPS) is 13.4. The topological polar surface area (TPSA) is 66.5 Å². The summed E-state index contributed by atoms with van der Waals surface area (Å²) in [7, 11) is -3.83. The van der Waals surface area contributed by atoms with Crippen LogP contribution in [0.2, 0.25) is 5.02 Å². The molecule has 3 aromatic carbocycles. The van der Waals surface area contributed by atoms with Gasteiger partial charge in [0.05, 0.1) is 27.7 Å². The molecule has 0 aliphatic carbocycles. The first-order chi connectivity index (χ1) is 15.2. The second-order valence-electron chi connectivity index (χ2n) is 7.52. The molecule has 4 rings (SSSR count). The van der Waals surface area contributed by atoms with Crippen molar-refractivity contribution in [1.82, 2.24) is 0 Å². The Bertz CT molecular complexity index is 1330. The van der Waals surface area contributed by atoms with Crippen molar-refractivity contribution in [2.75, 3.05) is 16.2 Å². The second kappa shape index (κ2) is 8.41. The van der Waals surface area contributed by atoms with Crippen molar-refractivity contribution in [2.45, 2.75) is 18.7 Å². The molecule has 5 nitrogen and oxygen atoms in total. The number of fused-ring (bicyclic) bond motifs is 1. The van der Waals surface area contributed by atoms with Crippen LogP contribution in [0.1, 0.15) is 28.4 Å². The van der Waals surface area contributed by atoms with Crippen molar-refractivity contribution in [3.05, 3.63) is 94.3 Å². The van der Waals surface area contributed by atoms with Gasteiger partial charge >= 0.3 is 0 Å². The predicted octanol–water partition coefficient (Wildman–Crippen LogP) is 5.65. The molecule has 0 saturated heterocycles. The van der Waals surface area contributed by atoms with Crippen molar-refractivity contribution in [1.29, 1.82) is 0 Å². The molecule has 8 heteroatoms. The molecular weight excluding hydrogens is 451 g/mol. The summed E-state index contributed by atoms with van der Waals surface area (Å²) < 4.78 is 42.1. The fourth-order valence-corrected chi connectivity index (χ4v) is 5.21. The Labute approximate surface area is 191 Å². The van der Waals surface area contributed by atoms with E-state index < -0.39 is 21.7 Å². The molecule has 0 bridgehead atoms. The van der Waals surface area contributed by atoms with E-state index in [-0.39, 0.29) is 22.0 Å². The lowest BCUT2D eigenvalue weighted by Crippen LogP contribution is -2.33. The number of nitrogens with zero attached hydrogens (tertiary/aromatic N) is 1. The van der Waals surface area contributed by atoms with E-state index >= 15 is 0 Å². The largest absolute Gasteiger partial charge is 0.322 e. The van der Waals surface area contributed by atoms with E-state index in [1.165, 1.54) is 16.4 Å². The summed E-state index contributed by atoms with van der Waals surface area (Å²) in [6.07, 6.45) is 1.84. The van der Waals surface area contributed by atoms with Gasteiger partial charge in [-0.3, -0.25) is 9.10 Å². The smallest absolute Gasteiger partial charge is 0.264 e. The van der Waals surface area contributed by atoms with Gasteiger partial charge in [-0.25, -0.2) is 12.8 Å². The molecule has 0 radical (unpaired) electrons. The summed E-state index contributed by atoms with van der Waals surface area (Å²) in [6.45, 7) is 3.94. The van der Waals surface area contributed by atoms with Crippen LogP contribution >= 0.6 is 11.6 Å². The minimum atomic E-state index is -3.83. The number of carbonyl (C=O) groups excluding carboxylic acids is 1. The minimum absolute atomic E-state index is 0.0113. The van der Waals surface area contributed by atoms with Gasteiger partial charge in [0.1, 0.15) is 5.82 Å². The third kappa shape index (κ3) is 4.01. The molecule has 0 aromatic heterocycles. The standard InChI is InChI=1S/C24H20ClFN2O3S/c1-15-6-9-18(10-7-15)32(30,31)28-13-12-16(2)19-11-8-17(14-22(19)28)27-24(29)23-20(25)4-3-5-21(23)26/h3-12,14H,13H2,1-2H3,(H,27,29). The number of benzene rings is 3. The first-order valence-corrected chi connectivity index (χ1v) is 11.7. The van der Waals surface area contributed by atoms with Crippen LogP contribution in [0.4, 0.5) is 15.8 Å². The number of nitrogens with one attached hydrogen (secondary N) is 1. The van der Waals surface area contributed by atoms with Gasteiger partial charge in [-0.1, -0.05) is 47.5 Å². The van der Waals surface area contributed by atoms with Crippen molar-refractivity contribution in [2.24, 2.45) is 0 Å². The molecule has 3 aromatic rings. The molecule has 1 amide bonds. The summed E-state index contributed by atoms with van der Waals surface area (Å²) in [5.74, 6) is -1.46. The van der Waals surface area contributed by atoms with Gasteiger partial charge in [0, 0.05) is 11.3 Å². The van der Waals surface area contributed by atoms with Gasteiger partial charge in [-0.15, -0.1) is 0 Å². The van der Waals surface area contributed by atoms with Crippen LogP contribution in [0, 0.1) is 12.7 Å². The lowest BCUT2D eigenvalue weighted by atomic mass is 10.0. The first kappa shape index (κ1) is 22.0. The number of hydrogen-bond acceptors (Lipinski definition) is 3. The quantitative estimate of drug-likeness (QED) is 0.535. The Morgan fingerprint density at radius 1 is 1.06 bits per heavy atom. The fourth-order valence-electron chi connectivity index (χ4n) is 3.55. The Morgan fingerprint density at radius 3 is 2.47 bits per heavy atom. The molecule has 1 aliphatic heterocycles. The molecule has 0 saturated carbocycles. The molecule has 1 aliphatic rings. The van der Waals surface area contributed by atoms with Crippen LogP contribution in [0.5, 0.6) is 0 Å². The van der Waals surface area contributed by atoms with E-state index in [2.05, 4.69) is 5.32 Å². The summed E-state index contributed by atoms with van der Waals surface area (Å²) in [5.41, 5.74) is 3.09. The highest BCUT2D eigenvalue weighted by molar-refractivity contribution is 7.92. The number of halogens is 2. The maximum atomic E-state index is 14.1. The van der Waals surface area contributed by atoms with Crippen LogP contribution in [-0.4, -0.2) is 20.9 Å². The van der Waals surface area contributed by atoms with E-state index in [1.807, 2.05) is 19.9 Å². The fraction of sp³-hybridized carbons (Fsp3) is 0.125. The van der Waals surface area contributed by atoms with E-state index in [4.69, 9.17) is 11.6 Å². The predicted molar refractivity (Wildman–Crippen MR) is 125 cm³/mol. The maximum absolute atomic E-state index is 14.1. The van der Waals surface area contributed by atoms with Crippen LogP contribution in [0.15, 0.2) is 71.6 Å². The van der Waals surface area contributed by atoms with Gasteiger partial charge in [0.25, 0.3) is 15.9 Å². The SMILES string of the molecule is CC1=CCN(S(=O)(=O)c2ccc(C)cc2)c2cc(NC(=O)c3c(F)cccc3Cl)ccc21. The first-order valence-electron chi connectivity index (χ1n) is 9.84. The van der Waals surface area contributed by atoms with E-state index in [1.54, 1.807) is 42.5 Å². The van der Waals surface area contributed by atoms with Gasteiger partial charge in [-0.2, -0.15) is 0 Å². The van der Waals surface area contributed by atoms with Crippen LogP contribution in [0.25, 0.3) is 5.57 Å². The number of anilines is 2. The van der Waals surface area contributed by atoms with Crippen LogP contribution in [-0.2, 0) is 10.0 Å². The zero-order valence-electron chi connectivity index (χ0n) is 17.4. The average Bonchev–Trinajstić information content (AvgIpc) is 2.74. The number of rotatable bonds is 4. The van der Waals surface area contributed by atoms with E-state index in [0.717, 1.165) is 22.8 Å². The van der Waals surface area contributed by atoms with Crippen LogP contribution in [0.3, 0.4) is 0 Å². The Hall–Kier alpha value is -3.16. The van der Waals surface area contributed by atoms with Gasteiger partial charge in [0.2, 0.25) is 0 Å².